The van der Waals surface area contributed by atoms with E-state index < -0.39 is 14.4 Å². The maximum Gasteiger partial charge on any atom is 0.407 e. The molecule has 3 heterocycles. The average molecular weight is 420 g/mol. The van der Waals surface area contributed by atoms with E-state index in [2.05, 4.69) is 38.8 Å². The Hall–Kier alpha value is -1.93. The summed E-state index contributed by atoms with van der Waals surface area (Å²) in [4.78, 5) is 31.7. The molecule has 2 aliphatic rings. The predicted octanol–water partition coefficient (Wildman–Crippen LogP) is 3.57. The number of hydrogen-bond donors (Lipinski definition) is 1. The van der Waals surface area contributed by atoms with Crippen molar-refractivity contribution in [1.82, 2.24) is 9.88 Å². The summed E-state index contributed by atoms with van der Waals surface area (Å²) < 4.78 is 6.28. The number of anilines is 1. The average Bonchev–Trinajstić information content (AvgIpc) is 2.97. The number of carbonyl (C=O) groups is 2. The quantitative estimate of drug-likeness (QED) is 0.580. The molecule has 3 rings (SSSR count). The number of piperazine rings is 1. The highest BCUT2D eigenvalue weighted by atomic mass is 28.4. The molecule has 1 aromatic rings. The lowest BCUT2D eigenvalue weighted by Gasteiger charge is -2.42. The van der Waals surface area contributed by atoms with Crippen molar-refractivity contribution in [2.75, 3.05) is 24.6 Å². The molecule has 1 saturated heterocycles. The van der Waals surface area contributed by atoms with Crippen molar-refractivity contribution in [3.05, 3.63) is 22.9 Å². The molecule has 8 heteroatoms. The zero-order chi connectivity index (χ0) is 21.6. The van der Waals surface area contributed by atoms with Gasteiger partial charge < -0.3 is 19.3 Å². The van der Waals surface area contributed by atoms with Crippen molar-refractivity contribution < 1.29 is 19.1 Å². The molecular weight excluding hydrogens is 386 g/mol. The summed E-state index contributed by atoms with van der Waals surface area (Å²) in [6.07, 6.45) is 1.32. The first kappa shape index (κ1) is 21.8. The summed E-state index contributed by atoms with van der Waals surface area (Å²) in [5.74, 6) is 0.903. The Labute approximate surface area is 174 Å². The first-order chi connectivity index (χ1) is 13.4. The molecule has 160 valence electrons. The van der Waals surface area contributed by atoms with Crippen molar-refractivity contribution in [3.63, 3.8) is 0 Å². The number of hydrogen-bond acceptors (Lipinski definition) is 5. The monoisotopic (exact) mass is 419 g/mol. The van der Waals surface area contributed by atoms with Crippen molar-refractivity contribution in [2.24, 2.45) is 0 Å². The third-order valence-corrected chi connectivity index (χ3v) is 11.2. The third kappa shape index (κ3) is 4.18. The van der Waals surface area contributed by atoms with E-state index in [0.717, 1.165) is 29.8 Å². The van der Waals surface area contributed by atoms with Crippen LogP contribution >= 0.6 is 0 Å². The zero-order valence-electron chi connectivity index (χ0n) is 18.4. The minimum atomic E-state index is -1.85. The van der Waals surface area contributed by atoms with E-state index in [1.54, 1.807) is 0 Å². The van der Waals surface area contributed by atoms with Crippen molar-refractivity contribution >= 4 is 26.5 Å². The van der Waals surface area contributed by atoms with Crippen LogP contribution in [-0.4, -0.2) is 67.5 Å². The molecule has 2 atom stereocenters. The molecule has 7 nitrogen and oxygen atoms in total. The lowest BCUT2D eigenvalue weighted by Crippen LogP contribution is -2.58. The fourth-order valence-corrected chi connectivity index (χ4v) is 5.08. The number of amides is 1. The van der Waals surface area contributed by atoms with E-state index in [-0.39, 0.29) is 17.1 Å². The second-order valence-electron chi connectivity index (χ2n) is 9.79. The summed E-state index contributed by atoms with van der Waals surface area (Å²) in [5, 5.41) is 9.51. The van der Waals surface area contributed by atoms with Gasteiger partial charge in [0, 0.05) is 37.7 Å². The van der Waals surface area contributed by atoms with Gasteiger partial charge in [-0.3, -0.25) is 4.79 Å². The van der Waals surface area contributed by atoms with Gasteiger partial charge in [0.2, 0.25) is 0 Å². The van der Waals surface area contributed by atoms with Gasteiger partial charge in [0.1, 0.15) is 5.82 Å². The number of fused-ring (bicyclic) bond motifs is 3. The van der Waals surface area contributed by atoms with Crippen LogP contribution in [0.4, 0.5) is 10.6 Å². The minimum absolute atomic E-state index is 0.0528. The molecule has 0 spiro atoms. The Kier molecular flexibility index (Phi) is 5.79. The lowest BCUT2D eigenvalue weighted by molar-refractivity contribution is 0.112. The van der Waals surface area contributed by atoms with Crippen LogP contribution in [0.2, 0.25) is 18.1 Å². The van der Waals surface area contributed by atoms with Crippen molar-refractivity contribution in [1.29, 1.82) is 0 Å². The first-order valence-corrected chi connectivity index (χ1v) is 13.2. The molecule has 1 N–H and O–H groups in total. The Balaban J connectivity index is 1.80. The SMILES string of the molecule is C[C@@H]1CN(C(=O)O)C[C@H]2Cc3cc(C=O)c(CCO[Si](C)(C)C(C)(C)C)nc3N21. The molecule has 29 heavy (non-hydrogen) atoms. The number of rotatable bonds is 5. The fourth-order valence-electron chi connectivity index (χ4n) is 4.03. The molecule has 0 aliphatic carbocycles. The molecule has 0 unspecified atom stereocenters. The topological polar surface area (TPSA) is 83.0 Å². The van der Waals surface area contributed by atoms with Crippen LogP contribution in [0, 0.1) is 0 Å². The normalized spacial score (nSPS) is 21.7. The number of carbonyl (C=O) groups excluding carboxylic acids is 1. The maximum absolute atomic E-state index is 11.7. The van der Waals surface area contributed by atoms with Crippen LogP contribution < -0.4 is 4.90 Å². The number of aromatic nitrogens is 1. The highest BCUT2D eigenvalue weighted by Crippen LogP contribution is 2.38. The second kappa shape index (κ2) is 7.72. The van der Waals surface area contributed by atoms with E-state index in [9.17, 15) is 14.7 Å². The number of pyridine rings is 1. The largest absolute Gasteiger partial charge is 0.465 e. The van der Waals surface area contributed by atoms with Crippen LogP contribution in [0.3, 0.4) is 0 Å². The Morgan fingerprint density at radius 3 is 2.66 bits per heavy atom. The van der Waals surface area contributed by atoms with Gasteiger partial charge in [-0.05, 0) is 43.1 Å². The van der Waals surface area contributed by atoms with E-state index in [1.165, 1.54) is 4.90 Å². The van der Waals surface area contributed by atoms with Gasteiger partial charge in [0.15, 0.2) is 14.6 Å². The van der Waals surface area contributed by atoms with Crippen molar-refractivity contribution in [2.45, 2.75) is 70.8 Å². The Morgan fingerprint density at radius 2 is 2.07 bits per heavy atom. The van der Waals surface area contributed by atoms with Gasteiger partial charge in [0.25, 0.3) is 0 Å². The lowest BCUT2D eigenvalue weighted by atomic mass is 10.1. The van der Waals surface area contributed by atoms with E-state index >= 15 is 0 Å². The van der Waals surface area contributed by atoms with Gasteiger partial charge in [-0.15, -0.1) is 0 Å². The molecule has 1 fully saturated rings. The second-order valence-corrected chi connectivity index (χ2v) is 14.6. The molecule has 0 aromatic carbocycles. The highest BCUT2D eigenvalue weighted by Gasteiger charge is 2.41. The van der Waals surface area contributed by atoms with Crippen LogP contribution in [-0.2, 0) is 17.3 Å². The summed E-state index contributed by atoms with van der Waals surface area (Å²) in [6.45, 7) is 14.6. The molecular formula is C21H33N3O4Si. The number of aldehydes is 1. The number of nitrogens with zero attached hydrogens (tertiary/aromatic N) is 3. The first-order valence-electron chi connectivity index (χ1n) is 10.3. The van der Waals surface area contributed by atoms with Gasteiger partial charge in [-0.25, -0.2) is 9.78 Å². The minimum Gasteiger partial charge on any atom is -0.465 e. The zero-order valence-corrected chi connectivity index (χ0v) is 19.4. The highest BCUT2D eigenvalue weighted by molar-refractivity contribution is 6.74. The predicted molar refractivity (Wildman–Crippen MR) is 116 cm³/mol. The smallest absolute Gasteiger partial charge is 0.407 e. The summed E-state index contributed by atoms with van der Waals surface area (Å²) in [6, 6.07) is 2.07. The van der Waals surface area contributed by atoms with E-state index in [0.29, 0.717) is 31.7 Å². The van der Waals surface area contributed by atoms with Gasteiger partial charge in [-0.2, -0.15) is 0 Å². The number of carboxylic acid groups (broad SMARTS) is 1. The van der Waals surface area contributed by atoms with E-state index in [1.807, 2.05) is 13.0 Å². The van der Waals surface area contributed by atoms with Crippen LogP contribution in [0.5, 0.6) is 0 Å². The fraction of sp³-hybridized carbons (Fsp3) is 0.667. The van der Waals surface area contributed by atoms with Gasteiger partial charge in [-0.1, -0.05) is 20.8 Å². The van der Waals surface area contributed by atoms with Gasteiger partial charge in [0.05, 0.1) is 11.7 Å². The molecule has 0 bridgehead atoms. The summed E-state index contributed by atoms with van der Waals surface area (Å²) in [7, 11) is -1.85. The summed E-state index contributed by atoms with van der Waals surface area (Å²) in [5.41, 5.74) is 2.42. The Morgan fingerprint density at radius 1 is 1.38 bits per heavy atom. The standard InChI is InChI=1S/C21H33N3O4Si/c1-14-11-23(20(26)27)12-17-10-15-9-16(13-25)18(22-19(15)24(14)17)7-8-28-29(5,6)21(2,3)4/h9,13-14,17H,7-8,10-12H2,1-6H3,(H,26,27)/t14-,17-/m1/s1. The molecule has 1 aromatic heterocycles. The third-order valence-electron chi connectivity index (χ3n) is 6.68. The Bertz CT molecular complexity index is 806. The van der Waals surface area contributed by atoms with Crippen molar-refractivity contribution in [3.8, 4) is 0 Å². The molecule has 2 aliphatic heterocycles. The van der Waals surface area contributed by atoms with Gasteiger partial charge >= 0.3 is 6.09 Å². The summed E-state index contributed by atoms with van der Waals surface area (Å²) >= 11 is 0. The van der Waals surface area contributed by atoms with Crippen LogP contribution in [0.1, 0.15) is 49.3 Å². The van der Waals surface area contributed by atoms with Crippen LogP contribution in [0.15, 0.2) is 6.07 Å². The molecule has 0 radical (unpaired) electrons. The van der Waals surface area contributed by atoms with Crippen LogP contribution in [0.25, 0.3) is 0 Å². The molecule has 1 amide bonds. The molecule has 0 saturated carbocycles. The van der Waals surface area contributed by atoms with E-state index in [4.69, 9.17) is 9.41 Å². The maximum atomic E-state index is 11.7.